The van der Waals surface area contributed by atoms with E-state index in [0.717, 1.165) is 19.3 Å². The molecule has 0 fully saturated rings. The van der Waals surface area contributed by atoms with Crippen LogP contribution in [0.3, 0.4) is 0 Å². The van der Waals surface area contributed by atoms with Gasteiger partial charge in [-0.3, -0.25) is 14.1 Å². The number of carbonyl (C=O) groups is 2. The lowest BCUT2D eigenvalue weighted by Gasteiger charge is -2.17. The molecular weight excluding hydrogens is 384 g/mol. The lowest BCUT2D eigenvalue weighted by Crippen LogP contribution is -2.35. The van der Waals surface area contributed by atoms with E-state index in [4.69, 9.17) is 9.47 Å². The van der Waals surface area contributed by atoms with Crippen LogP contribution >= 0.6 is 0 Å². The van der Waals surface area contributed by atoms with Crippen molar-refractivity contribution in [2.75, 3.05) is 13.2 Å². The second-order valence-corrected chi connectivity index (χ2v) is 8.28. The fourth-order valence-electron chi connectivity index (χ4n) is 2.39. The van der Waals surface area contributed by atoms with Gasteiger partial charge < -0.3 is 9.47 Å². The standard InChI is InChI=1S/C20H34O7S/c1-5-9-11-16(7-3)14-26-19(21)13-18(28(23,24)25)20(22)27-15-17(8-4)12-10-6-2/h5-6,9-10,16-18H,7-8,11-15H2,1-4H3,(H,23,24,25)/b9-5+,10-6+. The van der Waals surface area contributed by atoms with Crippen molar-refractivity contribution in [3.63, 3.8) is 0 Å². The zero-order valence-electron chi connectivity index (χ0n) is 17.3. The third-order valence-electron chi connectivity index (χ3n) is 4.48. The molecule has 0 aliphatic carbocycles. The molecule has 0 aliphatic rings. The Balaban J connectivity index is 4.81. The molecule has 7 nitrogen and oxygen atoms in total. The number of rotatable bonds is 14. The summed E-state index contributed by atoms with van der Waals surface area (Å²) in [6.45, 7) is 7.79. The van der Waals surface area contributed by atoms with Gasteiger partial charge >= 0.3 is 11.9 Å². The van der Waals surface area contributed by atoms with E-state index >= 15 is 0 Å². The zero-order valence-corrected chi connectivity index (χ0v) is 18.1. The summed E-state index contributed by atoms with van der Waals surface area (Å²) in [4.78, 5) is 24.2. The molecule has 0 bridgehead atoms. The molecule has 8 heteroatoms. The summed E-state index contributed by atoms with van der Waals surface area (Å²) in [5.41, 5.74) is 0. The molecule has 0 spiro atoms. The number of esters is 2. The second-order valence-electron chi connectivity index (χ2n) is 6.68. The third kappa shape index (κ3) is 11.2. The van der Waals surface area contributed by atoms with Crippen LogP contribution in [0.4, 0.5) is 0 Å². The number of hydrogen-bond donors (Lipinski definition) is 1. The van der Waals surface area contributed by atoms with E-state index in [1.807, 2.05) is 52.0 Å². The summed E-state index contributed by atoms with van der Waals surface area (Å²) in [7, 11) is -4.79. The van der Waals surface area contributed by atoms with Gasteiger partial charge in [0.05, 0.1) is 19.6 Å². The van der Waals surface area contributed by atoms with Gasteiger partial charge in [0.1, 0.15) is 0 Å². The highest BCUT2D eigenvalue weighted by atomic mass is 32.2. The Bertz CT molecular complexity index is 622. The summed E-state index contributed by atoms with van der Waals surface area (Å²) in [5.74, 6) is -1.86. The van der Waals surface area contributed by atoms with Crippen LogP contribution in [0.2, 0.25) is 0 Å². The van der Waals surface area contributed by atoms with E-state index < -0.39 is 33.7 Å². The highest BCUT2D eigenvalue weighted by Gasteiger charge is 2.36. The van der Waals surface area contributed by atoms with Crippen molar-refractivity contribution in [2.45, 2.75) is 65.0 Å². The molecule has 3 atom stereocenters. The summed E-state index contributed by atoms with van der Waals surface area (Å²) < 4.78 is 42.6. The van der Waals surface area contributed by atoms with E-state index in [9.17, 15) is 22.6 Å². The third-order valence-corrected chi connectivity index (χ3v) is 5.56. The average molecular weight is 419 g/mol. The molecule has 0 heterocycles. The van der Waals surface area contributed by atoms with Crippen molar-refractivity contribution in [1.82, 2.24) is 0 Å². The van der Waals surface area contributed by atoms with E-state index in [0.29, 0.717) is 6.42 Å². The van der Waals surface area contributed by atoms with Crippen molar-refractivity contribution >= 4 is 22.1 Å². The molecule has 0 aromatic carbocycles. The molecular formula is C20H34O7S. The molecule has 162 valence electrons. The fourth-order valence-corrected chi connectivity index (χ4v) is 3.04. The molecule has 0 saturated carbocycles. The quantitative estimate of drug-likeness (QED) is 0.260. The Kier molecular flexibility index (Phi) is 13.5. The Morgan fingerprint density at radius 3 is 1.79 bits per heavy atom. The first-order valence-corrected chi connectivity index (χ1v) is 11.2. The molecule has 0 radical (unpaired) electrons. The smallest absolute Gasteiger partial charge is 0.327 e. The van der Waals surface area contributed by atoms with Gasteiger partial charge in [-0.15, -0.1) is 0 Å². The van der Waals surface area contributed by atoms with Gasteiger partial charge in [-0.2, -0.15) is 8.42 Å². The highest BCUT2D eigenvalue weighted by molar-refractivity contribution is 7.87. The largest absolute Gasteiger partial charge is 0.465 e. The number of ether oxygens (including phenoxy) is 2. The van der Waals surface area contributed by atoms with E-state index in [1.54, 1.807) is 0 Å². The molecule has 0 amide bonds. The van der Waals surface area contributed by atoms with Crippen molar-refractivity contribution in [2.24, 2.45) is 11.8 Å². The minimum Gasteiger partial charge on any atom is -0.465 e. The van der Waals surface area contributed by atoms with E-state index in [1.165, 1.54) is 0 Å². The van der Waals surface area contributed by atoms with Gasteiger partial charge in [0.2, 0.25) is 0 Å². The van der Waals surface area contributed by atoms with Crippen LogP contribution in [0.5, 0.6) is 0 Å². The number of hydrogen-bond acceptors (Lipinski definition) is 6. The van der Waals surface area contributed by atoms with Crippen molar-refractivity contribution in [1.29, 1.82) is 0 Å². The lowest BCUT2D eigenvalue weighted by molar-refractivity contribution is -0.151. The van der Waals surface area contributed by atoms with Gasteiger partial charge in [-0.1, -0.05) is 38.2 Å². The highest BCUT2D eigenvalue weighted by Crippen LogP contribution is 2.15. The lowest BCUT2D eigenvalue weighted by atomic mass is 10.0. The Labute approximate surface area is 168 Å². The predicted octanol–water partition coefficient (Wildman–Crippen LogP) is 3.70. The molecule has 3 unspecified atom stereocenters. The average Bonchev–Trinajstić information content (AvgIpc) is 2.65. The minimum atomic E-state index is -4.79. The zero-order chi connectivity index (χ0) is 21.6. The molecule has 0 aromatic heterocycles. The Morgan fingerprint density at radius 1 is 0.929 bits per heavy atom. The van der Waals surface area contributed by atoms with Crippen LogP contribution in [-0.2, 0) is 29.2 Å². The van der Waals surface area contributed by atoms with Crippen LogP contribution in [0, 0.1) is 11.8 Å². The van der Waals surface area contributed by atoms with Crippen LogP contribution < -0.4 is 0 Å². The molecule has 1 N–H and O–H groups in total. The van der Waals surface area contributed by atoms with E-state index in [-0.39, 0.29) is 25.0 Å². The molecule has 0 aromatic rings. The Morgan fingerprint density at radius 2 is 1.39 bits per heavy atom. The van der Waals surface area contributed by atoms with Crippen LogP contribution in [0.1, 0.15) is 59.8 Å². The summed E-state index contributed by atoms with van der Waals surface area (Å²) in [6.07, 6.45) is 9.82. The van der Waals surface area contributed by atoms with Crippen LogP contribution in [0.15, 0.2) is 24.3 Å². The van der Waals surface area contributed by atoms with Crippen molar-refractivity contribution < 1.29 is 32.0 Å². The maximum atomic E-state index is 12.2. The summed E-state index contributed by atoms with van der Waals surface area (Å²) in [6, 6.07) is 0. The molecule has 0 saturated heterocycles. The summed E-state index contributed by atoms with van der Waals surface area (Å²) in [5, 5.41) is -1.98. The number of allylic oxidation sites excluding steroid dienone is 4. The first-order valence-electron chi connectivity index (χ1n) is 9.70. The summed E-state index contributed by atoms with van der Waals surface area (Å²) >= 11 is 0. The van der Waals surface area contributed by atoms with E-state index in [2.05, 4.69) is 0 Å². The minimum absolute atomic E-state index is 0.0159. The van der Waals surface area contributed by atoms with Gasteiger partial charge in [0, 0.05) is 0 Å². The topological polar surface area (TPSA) is 107 Å². The van der Waals surface area contributed by atoms with Gasteiger partial charge in [0.25, 0.3) is 10.1 Å². The van der Waals surface area contributed by atoms with Crippen LogP contribution in [0.25, 0.3) is 0 Å². The predicted molar refractivity (Wildman–Crippen MR) is 108 cm³/mol. The molecule has 0 aliphatic heterocycles. The van der Waals surface area contributed by atoms with Crippen molar-refractivity contribution in [3.8, 4) is 0 Å². The Hall–Kier alpha value is -1.67. The van der Waals surface area contributed by atoms with Gasteiger partial charge in [-0.05, 0) is 51.4 Å². The second kappa shape index (κ2) is 14.3. The van der Waals surface area contributed by atoms with Crippen LogP contribution in [-0.4, -0.2) is 43.4 Å². The number of carbonyl (C=O) groups excluding carboxylic acids is 2. The van der Waals surface area contributed by atoms with Gasteiger partial charge in [0.15, 0.2) is 5.25 Å². The SMILES string of the molecule is C/C=C/CC(CC)COC(=O)CC(C(=O)OCC(CC)C/C=C/C)S(=O)(=O)O. The first-order chi connectivity index (χ1) is 13.2. The molecule has 0 rings (SSSR count). The maximum absolute atomic E-state index is 12.2. The van der Waals surface area contributed by atoms with Crippen molar-refractivity contribution in [3.05, 3.63) is 24.3 Å². The monoisotopic (exact) mass is 418 g/mol. The molecule has 28 heavy (non-hydrogen) atoms. The maximum Gasteiger partial charge on any atom is 0.327 e. The first kappa shape index (κ1) is 26.3. The fraction of sp³-hybridized carbons (Fsp3) is 0.700. The normalized spacial score (nSPS) is 15.5. The van der Waals surface area contributed by atoms with Gasteiger partial charge in [-0.25, -0.2) is 0 Å².